The minimum Gasteiger partial charge on any atom is -0.205 e. The second-order valence-corrected chi connectivity index (χ2v) is 8.15. The van der Waals surface area contributed by atoms with Crippen molar-refractivity contribution >= 4 is 10.8 Å². The minimum absolute atomic E-state index is 0.227. The van der Waals surface area contributed by atoms with E-state index in [9.17, 15) is 4.39 Å². The van der Waals surface area contributed by atoms with Crippen LogP contribution in [-0.4, -0.2) is 0 Å². The van der Waals surface area contributed by atoms with Crippen molar-refractivity contribution in [2.75, 3.05) is 0 Å². The quantitative estimate of drug-likeness (QED) is 0.413. The third-order valence-corrected chi connectivity index (χ3v) is 6.26. The molecule has 0 amide bonds. The molecule has 1 saturated carbocycles. The average molecular weight is 371 g/mol. The van der Waals surface area contributed by atoms with Gasteiger partial charge in [0.1, 0.15) is 5.82 Å². The monoisotopic (exact) mass is 370 g/mol. The van der Waals surface area contributed by atoms with Gasteiger partial charge >= 0.3 is 0 Å². The lowest BCUT2D eigenvalue weighted by Gasteiger charge is -2.28. The highest BCUT2D eigenvalue weighted by Gasteiger charge is 2.20. The predicted octanol–water partition coefficient (Wildman–Crippen LogP) is 7.37. The summed E-state index contributed by atoms with van der Waals surface area (Å²) in [6.07, 6.45) is 6.61. The summed E-state index contributed by atoms with van der Waals surface area (Å²) < 4.78 is 14.8. The zero-order valence-electron chi connectivity index (χ0n) is 16.8. The highest BCUT2D eigenvalue weighted by atomic mass is 19.1. The van der Waals surface area contributed by atoms with Crippen LogP contribution in [0.25, 0.3) is 10.8 Å². The first-order valence-electron chi connectivity index (χ1n) is 10.4. The second kappa shape index (κ2) is 8.19. The molecule has 0 nitrogen and oxygen atoms in total. The van der Waals surface area contributed by atoms with E-state index in [4.69, 9.17) is 0 Å². The molecule has 0 spiro atoms. The Hall–Kier alpha value is -2.59. The molecule has 1 aliphatic rings. The molecule has 0 aliphatic heterocycles. The fourth-order valence-electron chi connectivity index (χ4n) is 4.39. The topological polar surface area (TPSA) is 0 Å². The number of rotatable bonds is 2. The van der Waals surface area contributed by atoms with Crippen molar-refractivity contribution in [1.29, 1.82) is 0 Å². The lowest BCUT2D eigenvalue weighted by Crippen LogP contribution is -2.12. The van der Waals surface area contributed by atoms with Crippen molar-refractivity contribution in [3.63, 3.8) is 0 Å². The smallest absolute Gasteiger partial charge is 0.146 e. The molecule has 0 radical (unpaired) electrons. The van der Waals surface area contributed by atoms with Crippen LogP contribution < -0.4 is 0 Å². The van der Waals surface area contributed by atoms with Crippen molar-refractivity contribution in [2.24, 2.45) is 5.92 Å². The minimum atomic E-state index is -0.227. The van der Waals surface area contributed by atoms with Gasteiger partial charge in [-0.15, -0.1) is 0 Å². The molecule has 0 N–H and O–H groups in total. The Bertz CT molecular complexity index is 1030. The highest BCUT2D eigenvalue weighted by molar-refractivity contribution is 5.85. The Kier molecular flexibility index (Phi) is 5.49. The molecule has 0 atom stereocenters. The predicted molar refractivity (Wildman–Crippen MR) is 116 cm³/mol. The molecule has 0 aromatic heterocycles. The Morgan fingerprint density at radius 1 is 0.893 bits per heavy atom. The zero-order chi connectivity index (χ0) is 19.5. The number of aryl methyl sites for hydroxylation is 1. The van der Waals surface area contributed by atoms with Crippen LogP contribution in [0.5, 0.6) is 0 Å². The number of hydrogen-bond acceptors (Lipinski definition) is 0. The third-order valence-electron chi connectivity index (χ3n) is 6.26. The van der Waals surface area contributed by atoms with E-state index in [2.05, 4.69) is 43.0 Å². The van der Waals surface area contributed by atoms with Crippen LogP contribution >= 0.6 is 0 Å². The van der Waals surface area contributed by atoms with E-state index in [1.807, 2.05) is 31.2 Å². The van der Waals surface area contributed by atoms with E-state index >= 15 is 0 Å². The highest BCUT2D eigenvalue weighted by Crippen LogP contribution is 2.36. The summed E-state index contributed by atoms with van der Waals surface area (Å²) in [7, 11) is 0. The molecule has 0 saturated heterocycles. The summed E-state index contributed by atoms with van der Waals surface area (Å²) in [4.78, 5) is 0. The van der Waals surface area contributed by atoms with Crippen LogP contribution in [0.3, 0.4) is 0 Å². The van der Waals surface area contributed by atoms with Gasteiger partial charge in [-0.3, -0.25) is 0 Å². The summed E-state index contributed by atoms with van der Waals surface area (Å²) in [5, 5.41) is 1.56. The van der Waals surface area contributed by atoms with E-state index in [1.54, 1.807) is 6.07 Å². The zero-order valence-corrected chi connectivity index (χ0v) is 16.8. The Morgan fingerprint density at radius 2 is 1.64 bits per heavy atom. The molecule has 0 unspecified atom stereocenters. The van der Waals surface area contributed by atoms with E-state index in [1.165, 1.54) is 37.7 Å². The third kappa shape index (κ3) is 3.97. The van der Waals surface area contributed by atoms with Gasteiger partial charge in [0, 0.05) is 10.9 Å². The standard InChI is InChI=1S/C27H27F/c1-3-20-5-10-22(11-6-20)23-12-7-21(8-13-23)9-14-24-15-16-25-18-19(2)4-17-26(25)27(24)28/h4,7-8,12-13,15-18,20,22H,3,5-6,10-11H2,1-2H3. The summed E-state index contributed by atoms with van der Waals surface area (Å²) >= 11 is 0. The van der Waals surface area contributed by atoms with Crippen LogP contribution in [0.2, 0.25) is 0 Å². The van der Waals surface area contributed by atoms with Crippen LogP contribution in [0, 0.1) is 30.5 Å². The van der Waals surface area contributed by atoms with Crippen molar-refractivity contribution in [1.82, 2.24) is 0 Å². The van der Waals surface area contributed by atoms with Crippen molar-refractivity contribution in [2.45, 2.75) is 51.9 Å². The SMILES string of the molecule is CCC1CCC(c2ccc(C#Cc3ccc4cc(C)ccc4c3F)cc2)CC1. The van der Waals surface area contributed by atoms with Gasteiger partial charge in [-0.2, -0.15) is 0 Å². The van der Waals surface area contributed by atoms with E-state index < -0.39 is 0 Å². The number of hydrogen-bond donors (Lipinski definition) is 0. The maximum atomic E-state index is 14.8. The first-order valence-corrected chi connectivity index (χ1v) is 10.4. The van der Waals surface area contributed by atoms with Crippen LogP contribution in [-0.2, 0) is 0 Å². The van der Waals surface area contributed by atoms with Gasteiger partial charge in [0.25, 0.3) is 0 Å². The van der Waals surface area contributed by atoms with Gasteiger partial charge in [-0.25, -0.2) is 4.39 Å². The Morgan fingerprint density at radius 3 is 2.36 bits per heavy atom. The van der Waals surface area contributed by atoms with Crippen molar-refractivity contribution < 1.29 is 4.39 Å². The summed E-state index contributed by atoms with van der Waals surface area (Å²) in [5.41, 5.74) is 3.95. The maximum Gasteiger partial charge on any atom is 0.146 e. The largest absolute Gasteiger partial charge is 0.205 e. The van der Waals surface area contributed by atoms with Crippen LogP contribution in [0.15, 0.2) is 54.6 Å². The molecular weight excluding hydrogens is 343 g/mol. The molecule has 3 aromatic rings. The molecule has 0 bridgehead atoms. The van der Waals surface area contributed by atoms with E-state index in [0.717, 1.165) is 22.4 Å². The molecule has 4 rings (SSSR count). The molecule has 0 heterocycles. The maximum absolute atomic E-state index is 14.8. The molecule has 3 aromatic carbocycles. The van der Waals surface area contributed by atoms with E-state index in [0.29, 0.717) is 16.9 Å². The second-order valence-electron chi connectivity index (χ2n) is 8.15. The number of halogens is 1. The molecule has 1 heteroatoms. The first kappa shape index (κ1) is 18.8. The van der Waals surface area contributed by atoms with Gasteiger partial charge in [0.2, 0.25) is 0 Å². The lowest BCUT2D eigenvalue weighted by molar-refractivity contribution is 0.319. The Balaban J connectivity index is 1.51. The van der Waals surface area contributed by atoms with Gasteiger partial charge in [0.05, 0.1) is 5.56 Å². The summed E-state index contributed by atoms with van der Waals surface area (Å²) in [6.45, 7) is 4.32. The lowest BCUT2D eigenvalue weighted by atomic mass is 9.78. The van der Waals surface area contributed by atoms with Crippen molar-refractivity contribution in [3.8, 4) is 11.8 Å². The normalized spacial score (nSPS) is 19.2. The molecule has 1 aliphatic carbocycles. The first-order chi connectivity index (χ1) is 13.6. The number of benzene rings is 3. The van der Waals surface area contributed by atoms with Gasteiger partial charge in [-0.1, -0.05) is 67.1 Å². The Labute approximate surface area is 167 Å². The van der Waals surface area contributed by atoms with Gasteiger partial charge in [0.15, 0.2) is 0 Å². The fraction of sp³-hybridized carbons (Fsp3) is 0.333. The molecule has 28 heavy (non-hydrogen) atoms. The van der Waals surface area contributed by atoms with Crippen LogP contribution in [0.4, 0.5) is 4.39 Å². The van der Waals surface area contributed by atoms with Crippen molar-refractivity contribution in [3.05, 3.63) is 82.7 Å². The fourth-order valence-corrected chi connectivity index (χ4v) is 4.39. The summed E-state index contributed by atoms with van der Waals surface area (Å²) in [5.74, 6) is 7.54. The average Bonchev–Trinajstić information content (AvgIpc) is 2.74. The molecule has 1 fully saturated rings. The van der Waals surface area contributed by atoms with E-state index in [-0.39, 0.29) is 5.82 Å². The van der Waals surface area contributed by atoms with Gasteiger partial charge in [-0.05, 0) is 73.6 Å². The summed E-state index contributed by atoms with van der Waals surface area (Å²) in [6, 6.07) is 18.1. The molecule has 142 valence electrons. The van der Waals surface area contributed by atoms with Gasteiger partial charge < -0.3 is 0 Å². The molecular formula is C27H27F. The van der Waals surface area contributed by atoms with Crippen LogP contribution in [0.1, 0.15) is 67.2 Å². The number of fused-ring (bicyclic) bond motifs is 1.